The first-order valence-electron chi connectivity index (χ1n) is 8.47. The van der Waals surface area contributed by atoms with Crippen molar-refractivity contribution in [1.82, 2.24) is 0 Å². The summed E-state index contributed by atoms with van der Waals surface area (Å²) in [5, 5.41) is 9.59. The number of aromatic carboxylic acids is 1. The number of carboxylic acid groups (broad SMARTS) is 1. The molecule has 0 radical (unpaired) electrons. The summed E-state index contributed by atoms with van der Waals surface area (Å²) in [4.78, 5) is 15.4. The van der Waals surface area contributed by atoms with Gasteiger partial charge in [-0.2, -0.15) is 0 Å². The highest BCUT2D eigenvalue weighted by Gasteiger charge is 2.05. The van der Waals surface area contributed by atoms with Crippen LogP contribution in [0.25, 0.3) is 0 Å². The summed E-state index contributed by atoms with van der Waals surface area (Å²) in [6, 6.07) is 17.9. The lowest BCUT2D eigenvalue weighted by Crippen LogP contribution is -1.99. The molecule has 6 heteroatoms. The smallest absolute Gasteiger partial charge is 0.335 e. The molecule has 0 bridgehead atoms. The zero-order chi connectivity index (χ0) is 20.1. The molecule has 0 unspecified atom stereocenters. The average molecular weight is 459 g/mol. The van der Waals surface area contributed by atoms with E-state index in [2.05, 4.69) is 20.9 Å². The van der Waals surface area contributed by atoms with Crippen LogP contribution in [0.5, 0.6) is 5.75 Å². The van der Waals surface area contributed by atoms with Gasteiger partial charge in [0.15, 0.2) is 0 Å². The van der Waals surface area contributed by atoms with Crippen LogP contribution < -0.4 is 4.74 Å². The van der Waals surface area contributed by atoms with Gasteiger partial charge in [-0.1, -0.05) is 29.8 Å². The number of rotatable bonds is 6. The predicted molar refractivity (Wildman–Crippen MR) is 115 cm³/mol. The average Bonchev–Trinajstić information content (AvgIpc) is 2.68. The minimum atomic E-state index is -0.944. The summed E-state index contributed by atoms with van der Waals surface area (Å²) in [6.07, 6.45) is 1.78. The Labute approximate surface area is 176 Å². The Morgan fingerprint density at radius 3 is 2.57 bits per heavy atom. The minimum absolute atomic E-state index is 0.253. The van der Waals surface area contributed by atoms with Crippen molar-refractivity contribution in [2.24, 2.45) is 4.99 Å². The number of aliphatic imine (C=N–C) groups is 1. The number of carboxylic acids is 1. The van der Waals surface area contributed by atoms with E-state index in [-0.39, 0.29) is 5.56 Å². The maximum absolute atomic E-state index is 10.9. The van der Waals surface area contributed by atoms with Gasteiger partial charge in [-0.25, -0.2) is 4.79 Å². The van der Waals surface area contributed by atoms with E-state index in [9.17, 15) is 4.79 Å². The molecule has 0 aromatic heterocycles. The Morgan fingerprint density at radius 2 is 1.89 bits per heavy atom. The molecule has 142 valence electrons. The summed E-state index contributed by atoms with van der Waals surface area (Å²) in [5.41, 5.74) is 3.94. The molecular formula is C22H17BrClNO3. The van der Waals surface area contributed by atoms with Crippen LogP contribution in [0.4, 0.5) is 5.69 Å². The van der Waals surface area contributed by atoms with E-state index in [1.807, 2.05) is 43.3 Å². The molecule has 3 rings (SSSR count). The van der Waals surface area contributed by atoms with Crippen molar-refractivity contribution < 1.29 is 14.6 Å². The third-order valence-electron chi connectivity index (χ3n) is 4.08. The second-order valence-electron chi connectivity index (χ2n) is 6.17. The first-order valence-corrected chi connectivity index (χ1v) is 9.64. The first-order chi connectivity index (χ1) is 13.4. The molecule has 0 heterocycles. The van der Waals surface area contributed by atoms with E-state index < -0.39 is 5.97 Å². The van der Waals surface area contributed by atoms with Crippen molar-refractivity contribution in [3.63, 3.8) is 0 Å². The van der Waals surface area contributed by atoms with Gasteiger partial charge in [0.25, 0.3) is 0 Å². The number of aryl methyl sites for hydroxylation is 1. The second-order valence-corrected chi connectivity index (χ2v) is 7.46. The van der Waals surface area contributed by atoms with E-state index in [1.54, 1.807) is 30.5 Å². The molecule has 0 saturated heterocycles. The van der Waals surface area contributed by atoms with Crippen molar-refractivity contribution in [2.75, 3.05) is 0 Å². The SMILES string of the molecule is Cc1ccc(Cl)cc1N=Cc1ccc(OCc2ccc(C(=O)O)cc2)c(Br)c1. The van der Waals surface area contributed by atoms with Gasteiger partial charge in [-0.15, -0.1) is 0 Å². The standard InChI is InChI=1S/C22H17BrClNO3/c1-14-2-8-18(24)11-20(14)25-12-16-5-9-21(19(23)10-16)28-13-15-3-6-17(7-4-15)22(26)27/h2-12H,13H2,1H3,(H,26,27). The van der Waals surface area contributed by atoms with Crippen LogP contribution in [0.3, 0.4) is 0 Å². The zero-order valence-corrected chi connectivity index (χ0v) is 17.4. The van der Waals surface area contributed by atoms with Crippen LogP contribution in [-0.4, -0.2) is 17.3 Å². The van der Waals surface area contributed by atoms with Crippen molar-refractivity contribution in [1.29, 1.82) is 0 Å². The molecule has 0 amide bonds. The third kappa shape index (κ3) is 5.21. The van der Waals surface area contributed by atoms with Gasteiger partial charge in [0.2, 0.25) is 0 Å². The van der Waals surface area contributed by atoms with Crippen LogP contribution in [-0.2, 0) is 6.61 Å². The molecule has 3 aromatic rings. The Bertz CT molecular complexity index is 1030. The molecule has 0 atom stereocenters. The lowest BCUT2D eigenvalue weighted by molar-refractivity contribution is 0.0697. The number of hydrogen-bond donors (Lipinski definition) is 1. The summed E-state index contributed by atoms with van der Waals surface area (Å²) >= 11 is 9.55. The van der Waals surface area contributed by atoms with Gasteiger partial charge in [-0.3, -0.25) is 4.99 Å². The van der Waals surface area contributed by atoms with Crippen molar-refractivity contribution in [3.8, 4) is 5.75 Å². The third-order valence-corrected chi connectivity index (χ3v) is 4.93. The maximum atomic E-state index is 10.9. The number of carbonyl (C=O) groups is 1. The first kappa shape index (κ1) is 20.1. The van der Waals surface area contributed by atoms with Crippen LogP contribution in [0.2, 0.25) is 5.02 Å². The number of benzene rings is 3. The molecule has 0 aliphatic carbocycles. The minimum Gasteiger partial charge on any atom is -0.488 e. The normalized spacial score (nSPS) is 11.0. The van der Waals surface area contributed by atoms with E-state index in [0.29, 0.717) is 17.4 Å². The highest BCUT2D eigenvalue weighted by molar-refractivity contribution is 9.10. The molecule has 28 heavy (non-hydrogen) atoms. The Balaban J connectivity index is 1.67. The molecule has 3 aromatic carbocycles. The summed E-state index contributed by atoms with van der Waals surface area (Å²) < 4.78 is 6.63. The quantitative estimate of drug-likeness (QED) is 0.432. The van der Waals surface area contributed by atoms with Gasteiger partial charge in [0.1, 0.15) is 12.4 Å². The fourth-order valence-electron chi connectivity index (χ4n) is 2.48. The Hall–Kier alpha value is -2.63. The summed E-state index contributed by atoms with van der Waals surface area (Å²) in [5.74, 6) is -0.251. The van der Waals surface area contributed by atoms with Crippen molar-refractivity contribution in [2.45, 2.75) is 13.5 Å². The lowest BCUT2D eigenvalue weighted by Gasteiger charge is -2.09. The fourth-order valence-corrected chi connectivity index (χ4v) is 3.16. The Morgan fingerprint density at radius 1 is 1.14 bits per heavy atom. The molecule has 1 N–H and O–H groups in total. The summed E-state index contributed by atoms with van der Waals surface area (Å²) in [7, 11) is 0. The molecule has 4 nitrogen and oxygen atoms in total. The highest BCUT2D eigenvalue weighted by atomic mass is 79.9. The number of halogens is 2. The van der Waals surface area contributed by atoms with E-state index in [0.717, 1.165) is 26.9 Å². The molecule has 0 spiro atoms. The molecular weight excluding hydrogens is 442 g/mol. The molecule has 0 fully saturated rings. The fraction of sp³-hybridized carbons (Fsp3) is 0.0909. The van der Waals surface area contributed by atoms with Gasteiger partial charge in [0, 0.05) is 11.2 Å². The monoisotopic (exact) mass is 457 g/mol. The van der Waals surface area contributed by atoms with Crippen LogP contribution >= 0.6 is 27.5 Å². The lowest BCUT2D eigenvalue weighted by atomic mass is 10.1. The molecule has 0 aliphatic rings. The van der Waals surface area contributed by atoms with Crippen LogP contribution in [0.15, 0.2) is 70.1 Å². The highest BCUT2D eigenvalue weighted by Crippen LogP contribution is 2.27. The number of nitrogens with zero attached hydrogens (tertiary/aromatic N) is 1. The zero-order valence-electron chi connectivity index (χ0n) is 15.0. The number of hydrogen-bond acceptors (Lipinski definition) is 3. The van der Waals surface area contributed by atoms with E-state index >= 15 is 0 Å². The molecule has 0 aliphatic heterocycles. The van der Waals surface area contributed by atoms with Gasteiger partial charge < -0.3 is 9.84 Å². The summed E-state index contributed by atoms with van der Waals surface area (Å²) in [6.45, 7) is 2.33. The number of ether oxygens (including phenoxy) is 1. The van der Waals surface area contributed by atoms with Crippen LogP contribution in [0, 0.1) is 6.92 Å². The Kier molecular flexibility index (Phi) is 6.49. The van der Waals surface area contributed by atoms with Gasteiger partial charge in [0.05, 0.1) is 15.7 Å². The predicted octanol–water partition coefficient (Wildman–Crippen LogP) is 6.44. The maximum Gasteiger partial charge on any atom is 0.335 e. The second kappa shape index (κ2) is 9.04. The van der Waals surface area contributed by atoms with Crippen molar-refractivity contribution in [3.05, 3.63) is 92.4 Å². The van der Waals surface area contributed by atoms with E-state index in [4.69, 9.17) is 21.4 Å². The topological polar surface area (TPSA) is 58.9 Å². The van der Waals surface area contributed by atoms with Gasteiger partial charge in [-0.05, 0) is 82.0 Å². The van der Waals surface area contributed by atoms with E-state index in [1.165, 1.54) is 0 Å². The van der Waals surface area contributed by atoms with Gasteiger partial charge >= 0.3 is 5.97 Å². The van der Waals surface area contributed by atoms with Crippen LogP contribution in [0.1, 0.15) is 27.0 Å². The largest absolute Gasteiger partial charge is 0.488 e. The van der Waals surface area contributed by atoms with Crippen molar-refractivity contribution >= 4 is 45.4 Å². The molecule has 0 saturated carbocycles.